The second-order valence-corrected chi connectivity index (χ2v) is 6.26. The lowest BCUT2D eigenvalue weighted by Gasteiger charge is -2.08. The van der Waals surface area contributed by atoms with E-state index in [9.17, 15) is 18.0 Å². The lowest BCUT2D eigenvalue weighted by atomic mass is 10.1. The highest BCUT2D eigenvalue weighted by Crippen LogP contribution is 2.29. The number of aromatic nitrogens is 1. The van der Waals surface area contributed by atoms with Crippen molar-refractivity contribution in [2.75, 3.05) is 13.7 Å². The molecule has 0 spiro atoms. The third-order valence-electron chi connectivity index (χ3n) is 4.01. The maximum Gasteiger partial charge on any atom is 0.411 e. The van der Waals surface area contributed by atoms with Crippen molar-refractivity contribution in [3.05, 3.63) is 71.5 Å². The van der Waals surface area contributed by atoms with Gasteiger partial charge in [-0.15, -0.1) is 0 Å². The number of esters is 1. The first-order chi connectivity index (χ1) is 14.4. The number of rotatable bonds is 8. The Morgan fingerprint density at radius 3 is 2.50 bits per heavy atom. The van der Waals surface area contributed by atoms with Crippen LogP contribution in [0.1, 0.15) is 21.7 Å². The number of methoxy groups -OCH3 is 1. The average molecular weight is 421 g/mol. The van der Waals surface area contributed by atoms with E-state index in [0.717, 1.165) is 5.56 Å². The highest BCUT2D eigenvalue weighted by atomic mass is 19.4. The molecule has 0 saturated heterocycles. The zero-order valence-electron chi connectivity index (χ0n) is 15.9. The van der Waals surface area contributed by atoms with Crippen molar-refractivity contribution in [3.8, 4) is 17.0 Å². The molecular weight excluding hydrogens is 403 g/mol. The molecule has 6 nitrogen and oxygen atoms in total. The van der Waals surface area contributed by atoms with Gasteiger partial charge in [0.2, 0.25) is 0 Å². The SMILES string of the molecule is COc1ccccc1-c1cc(COC(=O)c2ccc(COCC(F)(F)F)cc2)on1. The first kappa shape index (κ1) is 21.4. The van der Waals surface area contributed by atoms with Crippen LogP contribution in [0.25, 0.3) is 11.3 Å². The van der Waals surface area contributed by atoms with Crippen LogP contribution in [0.3, 0.4) is 0 Å². The number of halogens is 3. The fourth-order valence-electron chi connectivity index (χ4n) is 2.61. The van der Waals surface area contributed by atoms with Crippen LogP contribution >= 0.6 is 0 Å². The van der Waals surface area contributed by atoms with Gasteiger partial charge in [0.25, 0.3) is 0 Å². The molecule has 0 atom stereocenters. The van der Waals surface area contributed by atoms with Crippen LogP contribution < -0.4 is 4.74 Å². The molecule has 0 saturated carbocycles. The van der Waals surface area contributed by atoms with Crippen LogP contribution in [0.5, 0.6) is 5.75 Å². The van der Waals surface area contributed by atoms with Gasteiger partial charge in [-0.25, -0.2) is 4.79 Å². The molecule has 0 unspecified atom stereocenters. The van der Waals surface area contributed by atoms with E-state index in [1.165, 1.54) is 24.3 Å². The molecule has 0 N–H and O–H groups in total. The van der Waals surface area contributed by atoms with Crippen molar-refractivity contribution >= 4 is 5.97 Å². The Bertz CT molecular complexity index is 983. The fraction of sp³-hybridized carbons (Fsp3) is 0.238. The summed E-state index contributed by atoms with van der Waals surface area (Å²) in [6, 6.07) is 14.8. The largest absolute Gasteiger partial charge is 0.496 e. The standard InChI is InChI=1S/C21H18F3NO5/c1-27-19-5-3-2-4-17(19)18-10-16(30-25-18)12-29-20(26)15-8-6-14(7-9-15)11-28-13-21(22,23)24/h2-10H,11-13H2,1H3. The Balaban J connectivity index is 1.54. The van der Waals surface area contributed by atoms with Crippen molar-refractivity contribution in [1.29, 1.82) is 0 Å². The zero-order chi connectivity index (χ0) is 21.6. The van der Waals surface area contributed by atoms with Crippen LogP contribution in [-0.2, 0) is 22.7 Å². The third kappa shape index (κ3) is 5.84. The normalized spacial score (nSPS) is 11.3. The minimum Gasteiger partial charge on any atom is -0.496 e. The van der Waals surface area contributed by atoms with Gasteiger partial charge >= 0.3 is 12.1 Å². The summed E-state index contributed by atoms with van der Waals surface area (Å²) >= 11 is 0. The van der Waals surface area contributed by atoms with Gasteiger partial charge in [-0.1, -0.05) is 29.4 Å². The Kier molecular flexibility index (Phi) is 6.73. The highest BCUT2D eigenvalue weighted by Gasteiger charge is 2.27. The maximum absolute atomic E-state index is 12.2. The number of ether oxygens (including phenoxy) is 3. The maximum atomic E-state index is 12.2. The molecule has 30 heavy (non-hydrogen) atoms. The molecular formula is C21H18F3NO5. The molecule has 0 fully saturated rings. The summed E-state index contributed by atoms with van der Waals surface area (Å²) in [5.74, 6) is 0.378. The van der Waals surface area contributed by atoms with Gasteiger partial charge in [-0.3, -0.25) is 0 Å². The Labute approximate surface area is 170 Å². The number of nitrogens with zero attached hydrogens (tertiary/aromatic N) is 1. The van der Waals surface area contributed by atoms with E-state index in [1.54, 1.807) is 19.2 Å². The molecule has 3 rings (SSSR count). The molecule has 1 heterocycles. The van der Waals surface area contributed by atoms with Crippen molar-refractivity contribution in [2.45, 2.75) is 19.4 Å². The first-order valence-corrected chi connectivity index (χ1v) is 8.85. The Morgan fingerprint density at radius 2 is 1.80 bits per heavy atom. The summed E-state index contributed by atoms with van der Waals surface area (Å²) in [6.07, 6.45) is -4.38. The fourth-order valence-corrected chi connectivity index (χ4v) is 2.61. The molecule has 0 aliphatic carbocycles. The van der Waals surface area contributed by atoms with Crippen LogP contribution in [0.2, 0.25) is 0 Å². The van der Waals surface area contributed by atoms with Gasteiger partial charge < -0.3 is 18.7 Å². The van der Waals surface area contributed by atoms with Crippen LogP contribution in [0.4, 0.5) is 13.2 Å². The van der Waals surface area contributed by atoms with E-state index in [-0.39, 0.29) is 18.8 Å². The average Bonchev–Trinajstić information content (AvgIpc) is 3.20. The molecule has 0 radical (unpaired) electrons. The summed E-state index contributed by atoms with van der Waals surface area (Å²) in [7, 11) is 1.55. The van der Waals surface area contributed by atoms with Crippen molar-refractivity contribution in [2.24, 2.45) is 0 Å². The summed E-state index contributed by atoms with van der Waals surface area (Å²) in [5, 5.41) is 3.96. The topological polar surface area (TPSA) is 70.8 Å². The van der Waals surface area contributed by atoms with E-state index in [0.29, 0.717) is 22.8 Å². The molecule has 1 aromatic heterocycles. The lowest BCUT2D eigenvalue weighted by molar-refractivity contribution is -0.176. The second-order valence-electron chi connectivity index (χ2n) is 6.26. The zero-order valence-corrected chi connectivity index (χ0v) is 15.9. The number of para-hydroxylation sites is 1. The lowest BCUT2D eigenvalue weighted by Crippen LogP contribution is -2.16. The molecule has 3 aromatic rings. The van der Waals surface area contributed by atoms with Crippen LogP contribution in [0.15, 0.2) is 59.1 Å². The monoisotopic (exact) mass is 421 g/mol. The molecule has 0 aliphatic heterocycles. The van der Waals surface area contributed by atoms with E-state index in [1.807, 2.05) is 18.2 Å². The summed E-state index contributed by atoms with van der Waals surface area (Å²) in [4.78, 5) is 12.2. The van der Waals surface area contributed by atoms with Crippen molar-refractivity contribution < 1.29 is 36.7 Å². The van der Waals surface area contributed by atoms with Crippen LogP contribution in [-0.4, -0.2) is 31.0 Å². The minimum atomic E-state index is -4.38. The molecule has 0 bridgehead atoms. The predicted molar refractivity (Wildman–Crippen MR) is 99.8 cm³/mol. The van der Waals surface area contributed by atoms with Gasteiger partial charge in [-0.2, -0.15) is 13.2 Å². The summed E-state index contributed by atoms with van der Waals surface area (Å²) < 4.78 is 56.5. The first-order valence-electron chi connectivity index (χ1n) is 8.85. The van der Waals surface area contributed by atoms with E-state index >= 15 is 0 Å². The van der Waals surface area contributed by atoms with Crippen LogP contribution in [0, 0.1) is 0 Å². The number of carbonyl (C=O) groups is 1. The van der Waals surface area contributed by atoms with Gasteiger partial charge in [0.05, 0.1) is 19.3 Å². The minimum absolute atomic E-state index is 0.128. The number of carbonyl (C=O) groups excluding carboxylic acids is 1. The number of benzene rings is 2. The highest BCUT2D eigenvalue weighted by molar-refractivity contribution is 5.89. The molecule has 9 heteroatoms. The smallest absolute Gasteiger partial charge is 0.411 e. The molecule has 0 aliphatic rings. The predicted octanol–water partition coefficient (Wildman–Crippen LogP) is 4.79. The van der Waals surface area contributed by atoms with Gasteiger partial charge in [0, 0.05) is 11.6 Å². The third-order valence-corrected chi connectivity index (χ3v) is 4.01. The number of hydrogen-bond acceptors (Lipinski definition) is 6. The van der Waals surface area contributed by atoms with Crippen molar-refractivity contribution in [1.82, 2.24) is 5.16 Å². The quantitative estimate of drug-likeness (QED) is 0.487. The van der Waals surface area contributed by atoms with E-state index < -0.39 is 18.8 Å². The second kappa shape index (κ2) is 9.45. The summed E-state index contributed by atoms with van der Waals surface area (Å²) in [5.41, 5.74) is 2.04. The molecule has 0 amide bonds. The molecule has 158 valence electrons. The Morgan fingerprint density at radius 1 is 1.07 bits per heavy atom. The Hall–Kier alpha value is -3.33. The van der Waals surface area contributed by atoms with Gasteiger partial charge in [-0.05, 0) is 29.8 Å². The molecule has 2 aromatic carbocycles. The van der Waals surface area contributed by atoms with Gasteiger partial charge in [0.15, 0.2) is 12.4 Å². The number of hydrogen-bond donors (Lipinski definition) is 0. The number of alkyl halides is 3. The van der Waals surface area contributed by atoms with E-state index in [2.05, 4.69) is 9.89 Å². The van der Waals surface area contributed by atoms with Crippen molar-refractivity contribution in [3.63, 3.8) is 0 Å². The summed E-state index contributed by atoms with van der Waals surface area (Å²) in [6.45, 7) is -1.67. The van der Waals surface area contributed by atoms with Gasteiger partial charge in [0.1, 0.15) is 18.1 Å². The van der Waals surface area contributed by atoms with E-state index in [4.69, 9.17) is 14.0 Å².